The van der Waals surface area contributed by atoms with E-state index in [2.05, 4.69) is 22.2 Å². The van der Waals surface area contributed by atoms with Gasteiger partial charge in [-0.05, 0) is 18.6 Å². The van der Waals surface area contributed by atoms with Crippen LogP contribution in [0.25, 0.3) is 11.4 Å². The van der Waals surface area contributed by atoms with E-state index in [-0.39, 0.29) is 0 Å². The van der Waals surface area contributed by atoms with Crippen molar-refractivity contribution in [1.29, 1.82) is 0 Å². The van der Waals surface area contributed by atoms with E-state index in [4.69, 9.17) is 4.98 Å². The van der Waals surface area contributed by atoms with Crippen LogP contribution in [0.15, 0.2) is 24.5 Å². The summed E-state index contributed by atoms with van der Waals surface area (Å²) >= 11 is 0. The van der Waals surface area contributed by atoms with Crippen molar-refractivity contribution in [3.63, 3.8) is 0 Å². The molecule has 0 radical (unpaired) electrons. The fourth-order valence-corrected chi connectivity index (χ4v) is 2.33. The van der Waals surface area contributed by atoms with E-state index in [1.54, 1.807) is 6.20 Å². The number of aromatic nitrogens is 3. The fraction of sp³-hybridized carbons (Fsp3) is 0.357. The average Bonchev–Trinajstić information content (AvgIpc) is 2.47. The number of hydrogen-bond acceptors (Lipinski definition) is 4. The van der Waals surface area contributed by atoms with E-state index in [0.717, 1.165) is 43.0 Å². The predicted octanol–water partition coefficient (Wildman–Crippen LogP) is 1.75. The van der Waals surface area contributed by atoms with Crippen molar-refractivity contribution in [3.8, 4) is 11.4 Å². The Kier molecular flexibility index (Phi) is 3.02. The van der Waals surface area contributed by atoms with Crippen molar-refractivity contribution < 1.29 is 0 Å². The summed E-state index contributed by atoms with van der Waals surface area (Å²) in [5.74, 6) is 0.806. The molecule has 2 aromatic rings. The van der Waals surface area contributed by atoms with Crippen LogP contribution in [0.2, 0.25) is 0 Å². The molecule has 0 atom stereocenters. The molecular formula is C14H16N4. The summed E-state index contributed by atoms with van der Waals surface area (Å²) in [5.41, 5.74) is 4.63. The van der Waals surface area contributed by atoms with Crippen LogP contribution in [-0.2, 0) is 19.4 Å². The SMILES string of the molecule is CCc1nc(-c2cccnc2)nc2c1CNCC2. The molecule has 0 spiro atoms. The van der Waals surface area contributed by atoms with Gasteiger partial charge in [0, 0.05) is 48.7 Å². The Morgan fingerprint density at radius 3 is 3.06 bits per heavy atom. The highest BCUT2D eigenvalue weighted by atomic mass is 15.0. The molecule has 3 rings (SSSR count). The second kappa shape index (κ2) is 4.82. The average molecular weight is 240 g/mol. The molecule has 0 saturated heterocycles. The molecule has 0 aliphatic carbocycles. The fourth-order valence-electron chi connectivity index (χ4n) is 2.33. The van der Waals surface area contributed by atoms with Crippen LogP contribution in [0, 0.1) is 0 Å². The summed E-state index contributed by atoms with van der Waals surface area (Å²) in [6.07, 6.45) is 5.52. The van der Waals surface area contributed by atoms with E-state index >= 15 is 0 Å². The minimum atomic E-state index is 0.806. The first-order valence-electron chi connectivity index (χ1n) is 6.38. The number of nitrogens with one attached hydrogen (secondary N) is 1. The summed E-state index contributed by atoms with van der Waals surface area (Å²) in [5, 5.41) is 3.38. The lowest BCUT2D eigenvalue weighted by molar-refractivity contribution is 0.618. The molecule has 2 aromatic heterocycles. The third-order valence-electron chi connectivity index (χ3n) is 3.27. The maximum absolute atomic E-state index is 4.70. The van der Waals surface area contributed by atoms with Gasteiger partial charge in [-0.25, -0.2) is 9.97 Å². The zero-order valence-electron chi connectivity index (χ0n) is 10.5. The minimum absolute atomic E-state index is 0.806. The normalized spacial score (nSPS) is 14.3. The molecule has 1 aliphatic rings. The first-order chi connectivity index (χ1) is 8.88. The standard InChI is InChI=1S/C14H16N4/c1-2-12-11-9-16-7-5-13(11)18-14(17-12)10-4-3-6-15-8-10/h3-4,6,8,16H,2,5,7,9H2,1H3. The molecule has 0 bridgehead atoms. The molecular weight excluding hydrogens is 224 g/mol. The van der Waals surface area contributed by atoms with E-state index in [0.29, 0.717) is 0 Å². The number of pyridine rings is 1. The van der Waals surface area contributed by atoms with Gasteiger partial charge in [0.15, 0.2) is 5.82 Å². The van der Waals surface area contributed by atoms with Gasteiger partial charge in [0.1, 0.15) is 0 Å². The van der Waals surface area contributed by atoms with Gasteiger partial charge in [0.25, 0.3) is 0 Å². The van der Waals surface area contributed by atoms with Gasteiger partial charge < -0.3 is 5.32 Å². The molecule has 3 heterocycles. The molecule has 4 heteroatoms. The topological polar surface area (TPSA) is 50.7 Å². The van der Waals surface area contributed by atoms with Crippen molar-refractivity contribution in [2.45, 2.75) is 26.3 Å². The van der Waals surface area contributed by atoms with Crippen LogP contribution in [-0.4, -0.2) is 21.5 Å². The highest BCUT2D eigenvalue weighted by Gasteiger charge is 2.16. The quantitative estimate of drug-likeness (QED) is 0.868. The molecule has 0 unspecified atom stereocenters. The van der Waals surface area contributed by atoms with Gasteiger partial charge in [-0.3, -0.25) is 4.98 Å². The Morgan fingerprint density at radius 2 is 2.28 bits per heavy atom. The molecule has 0 saturated carbocycles. The second-order valence-electron chi connectivity index (χ2n) is 4.44. The van der Waals surface area contributed by atoms with E-state index in [1.807, 2.05) is 18.3 Å². The van der Waals surface area contributed by atoms with Gasteiger partial charge in [0.2, 0.25) is 0 Å². The number of fused-ring (bicyclic) bond motifs is 1. The molecule has 4 nitrogen and oxygen atoms in total. The van der Waals surface area contributed by atoms with E-state index in [1.165, 1.54) is 11.3 Å². The number of aryl methyl sites for hydroxylation is 1. The van der Waals surface area contributed by atoms with Crippen molar-refractivity contribution in [2.24, 2.45) is 0 Å². The molecule has 0 amide bonds. The number of rotatable bonds is 2. The van der Waals surface area contributed by atoms with Crippen molar-refractivity contribution >= 4 is 0 Å². The summed E-state index contributed by atoms with van der Waals surface area (Å²) in [4.78, 5) is 13.5. The van der Waals surface area contributed by atoms with Crippen LogP contribution in [0.4, 0.5) is 0 Å². The monoisotopic (exact) mass is 240 g/mol. The molecule has 1 aliphatic heterocycles. The predicted molar refractivity (Wildman–Crippen MR) is 70.1 cm³/mol. The lowest BCUT2D eigenvalue weighted by Gasteiger charge is -2.19. The molecule has 1 N–H and O–H groups in total. The Balaban J connectivity index is 2.12. The summed E-state index contributed by atoms with van der Waals surface area (Å²) < 4.78 is 0. The Morgan fingerprint density at radius 1 is 1.33 bits per heavy atom. The van der Waals surface area contributed by atoms with Gasteiger partial charge in [0.05, 0.1) is 5.69 Å². The summed E-state index contributed by atoms with van der Waals surface area (Å²) in [6.45, 7) is 4.04. The maximum Gasteiger partial charge on any atom is 0.161 e. The summed E-state index contributed by atoms with van der Waals surface area (Å²) in [6, 6.07) is 3.93. The zero-order chi connectivity index (χ0) is 12.4. The van der Waals surface area contributed by atoms with Crippen LogP contribution >= 0.6 is 0 Å². The second-order valence-corrected chi connectivity index (χ2v) is 4.44. The van der Waals surface area contributed by atoms with Crippen LogP contribution in [0.5, 0.6) is 0 Å². The third-order valence-corrected chi connectivity index (χ3v) is 3.27. The first-order valence-corrected chi connectivity index (χ1v) is 6.38. The van der Waals surface area contributed by atoms with Crippen molar-refractivity contribution in [1.82, 2.24) is 20.3 Å². The highest BCUT2D eigenvalue weighted by molar-refractivity contribution is 5.54. The van der Waals surface area contributed by atoms with Crippen molar-refractivity contribution in [2.75, 3.05) is 6.54 Å². The lowest BCUT2D eigenvalue weighted by Crippen LogP contribution is -2.26. The molecule has 0 aromatic carbocycles. The highest BCUT2D eigenvalue weighted by Crippen LogP contribution is 2.21. The number of hydrogen-bond donors (Lipinski definition) is 1. The smallest absolute Gasteiger partial charge is 0.161 e. The Labute approximate surface area is 107 Å². The van der Waals surface area contributed by atoms with E-state index in [9.17, 15) is 0 Å². The van der Waals surface area contributed by atoms with E-state index < -0.39 is 0 Å². The lowest BCUT2D eigenvalue weighted by atomic mass is 10.0. The van der Waals surface area contributed by atoms with Crippen LogP contribution < -0.4 is 5.32 Å². The van der Waals surface area contributed by atoms with Crippen molar-refractivity contribution in [3.05, 3.63) is 41.5 Å². The largest absolute Gasteiger partial charge is 0.312 e. The molecule has 0 fully saturated rings. The van der Waals surface area contributed by atoms with Gasteiger partial charge >= 0.3 is 0 Å². The van der Waals surface area contributed by atoms with Crippen LogP contribution in [0.3, 0.4) is 0 Å². The maximum atomic E-state index is 4.70. The third kappa shape index (κ3) is 1.99. The van der Waals surface area contributed by atoms with Gasteiger partial charge in [-0.2, -0.15) is 0 Å². The Hall–Kier alpha value is -1.81. The minimum Gasteiger partial charge on any atom is -0.312 e. The molecule has 92 valence electrons. The van der Waals surface area contributed by atoms with Gasteiger partial charge in [-0.1, -0.05) is 6.92 Å². The van der Waals surface area contributed by atoms with Gasteiger partial charge in [-0.15, -0.1) is 0 Å². The number of nitrogens with zero attached hydrogens (tertiary/aromatic N) is 3. The summed E-state index contributed by atoms with van der Waals surface area (Å²) in [7, 11) is 0. The van der Waals surface area contributed by atoms with Crippen LogP contribution in [0.1, 0.15) is 23.9 Å². The zero-order valence-corrected chi connectivity index (χ0v) is 10.5. The molecule has 18 heavy (non-hydrogen) atoms. The first kappa shape index (κ1) is 11.3. The Bertz CT molecular complexity index is 534.